The second-order valence-electron chi connectivity index (χ2n) is 7.70. The third-order valence-corrected chi connectivity index (χ3v) is 5.34. The highest BCUT2D eigenvalue weighted by Crippen LogP contribution is 2.32. The molecule has 2 N–H and O–H groups in total. The molecule has 1 atom stereocenters. The number of benzene rings is 1. The fourth-order valence-electron chi connectivity index (χ4n) is 3.66. The van der Waals surface area contributed by atoms with Crippen LogP contribution in [0.5, 0.6) is 11.5 Å². The highest BCUT2D eigenvalue weighted by Gasteiger charge is 2.18. The number of aliphatic imine (C=N–C) groups is 1. The summed E-state index contributed by atoms with van der Waals surface area (Å²) in [5.41, 5.74) is 0.580. The summed E-state index contributed by atoms with van der Waals surface area (Å²) in [6, 6.07) is 5.12. The van der Waals surface area contributed by atoms with Crippen molar-refractivity contribution < 1.29 is 18.3 Å². The van der Waals surface area contributed by atoms with E-state index in [2.05, 4.69) is 39.3 Å². The van der Waals surface area contributed by atoms with E-state index in [-0.39, 0.29) is 12.3 Å². The maximum atomic E-state index is 12.9. The van der Waals surface area contributed by atoms with Crippen LogP contribution in [0.4, 0.5) is 8.78 Å². The van der Waals surface area contributed by atoms with Gasteiger partial charge in [-0.25, -0.2) is 0 Å². The van der Waals surface area contributed by atoms with Crippen molar-refractivity contribution in [2.24, 2.45) is 10.9 Å². The molecule has 176 valence electrons. The Morgan fingerprint density at radius 2 is 1.84 bits per heavy atom. The molecule has 0 spiro atoms. The van der Waals surface area contributed by atoms with Crippen LogP contribution in [0.2, 0.25) is 0 Å². The third-order valence-electron chi connectivity index (χ3n) is 5.34. The highest BCUT2D eigenvalue weighted by atomic mass is 19.3. The zero-order valence-electron chi connectivity index (χ0n) is 19.2. The Morgan fingerprint density at radius 1 is 1.13 bits per heavy atom. The SMILES string of the molecule is CCOc1cccc(CNC(=NC)NCC(C)CN2CCN(CC)CC2)c1OC(F)F. The molecule has 1 aliphatic heterocycles. The number of hydrogen-bond donors (Lipinski definition) is 2. The maximum absolute atomic E-state index is 12.9. The highest BCUT2D eigenvalue weighted by molar-refractivity contribution is 5.79. The summed E-state index contributed by atoms with van der Waals surface area (Å²) in [5, 5.41) is 6.51. The summed E-state index contributed by atoms with van der Waals surface area (Å²) in [7, 11) is 1.69. The fourth-order valence-corrected chi connectivity index (χ4v) is 3.66. The van der Waals surface area contributed by atoms with Gasteiger partial charge in [-0.2, -0.15) is 8.78 Å². The summed E-state index contributed by atoms with van der Waals surface area (Å²) in [6.45, 7) is 11.3. The number of alkyl halides is 2. The zero-order valence-corrected chi connectivity index (χ0v) is 19.2. The standard InChI is InChI=1S/C22H37F2N5O2/c1-5-28-10-12-29(13-11-28)16-17(3)14-26-22(25-4)27-15-18-8-7-9-19(30-6-2)20(18)31-21(23)24/h7-9,17,21H,5-6,10-16H2,1-4H3,(H2,25,26,27). The number of ether oxygens (including phenoxy) is 2. The lowest BCUT2D eigenvalue weighted by molar-refractivity contribution is -0.0520. The number of para-hydroxylation sites is 1. The molecule has 2 rings (SSSR count). The predicted molar refractivity (Wildman–Crippen MR) is 120 cm³/mol. The smallest absolute Gasteiger partial charge is 0.387 e. The summed E-state index contributed by atoms with van der Waals surface area (Å²) in [6.07, 6.45) is 0. The average Bonchev–Trinajstić information content (AvgIpc) is 2.76. The monoisotopic (exact) mass is 441 g/mol. The molecule has 31 heavy (non-hydrogen) atoms. The molecule has 7 nitrogen and oxygen atoms in total. The van der Waals surface area contributed by atoms with Gasteiger partial charge >= 0.3 is 6.61 Å². The molecule has 1 fully saturated rings. The van der Waals surface area contributed by atoms with Gasteiger partial charge in [-0.15, -0.1) is 0 Å². The van der Waals surface area contributed by atoms with Gasteiger partial charge in [0.25, 0.3) is 0 Å². The maximum Gasteiger partial charge on any atom is 0.387 e. The number of hydrogen-bond acceptors (Lipinski definition) is 5. The van der Waals surface area contributed by atoms with Crippen molar-refractivity contribution in [2.75, 3.05) is 59.5 Å². The molecule has 1 unspecified atom stereocenters. The Bertz CT molecular complexity index is 682. The molecule has 0 bridgehead atoms. The van der Waals surface area contributed by atoms with E-state index in [1.165, 1.54) is 0 Å². The number of halogens is 2. The molecule has 1 aliphatic rings. The van der Waals surface area contributed by atoms with Crippen molar-refractivity contribution in [3.8, 4) is 11.5 Å². The number of rotatable bonds is 11. The lowest BCUT2D eigenvalue weighted by Gasteiger charge is -2.35. The van der Waals surface area contributed by atoms with Crippen LogP contribution in [-0.4, -0.2) is 81.8 Å². The van der Waals surface area contributed by atoms with Gasteiger partial charge in [0.05, 0.1) is 6.61 Å². The van der Waals surface area contributed by atoms with Crippen LogP contribution in [0.3, 0.4) is 0 Å². The van der Waals surface area contributed by atoms with Crippen LogP contribution in [0.15, 0.2) is 23.2 Å². The number of guanidine groups is 1. The molecule has 0 amide bonds. The largest absolute Gasteiger partial charge is 0.490 e. The Kier molecular flexibility index (Phi) is 10.8. The predicted octanol–water partition coefficient (Wildman–Crippen LogP) is 2.63. The molecule has 1 aromatic carbocycles. The van der Waals surface area contributed by atoms with Crippen molar-refractivity contribution in [2.45, 2.75) is 33.9 Å². The number of nitrogens with zero attached hydrogens (tertiary/aromatic N) is 3. The van der Waals surface area contributed by atoms with Crippen LogP contribution in [0.1, 0.15) is 26.3 Å². The van der Waals surface area contributed by atoms with Crippen molar-refractivity contribution in [3.63, 3.8) is 0 Å². The molecule has 1 saturated heterocycles. The van der Waals surface area contributed by atoms with Crippen molar-refractivity contribution in [1.82, 2.24) is 20.4 Å². The third kappa shape index (κ3) is 8.49. The second kappa shape index (κ2) is 13.3. The Balaban J connectivity index is 1.85. The van der Waals surface area contributed by atoms with Gasteiger partial charge < -0.3 is 29.9 Å². The van der Waals surface area contributed by atoms with Crippen molar-refractivity contribution >= 4 is 5.96 Å². The second-order valence-corrected chi connectivity index (χ2v) is 7.70. The van der Waals surface area contributed by atoms with Crippen molar-refractivity contribution in [1.29, 1.82) is 0 Å². The lowest BCUT2D eigenvalue weighted by Crippen LogP contribution is -2.48. The minimum Gasteiger partial charge on any atom is -0.490 e. The summed E-state index contributed by atoms with van der Waals surface area (Å²) in [4.78, 5) is 9.22. The summed E-state index contributed by atoms with van der Waals surface area (Å²) >= 11 is 0. The van der Waals surface area contributed by atoms with E-state index in [1.807, 2.05) is 0 Å². The minimum absolute atomic E-state index is 0.0573. The first-order valence-electron chi connectivity index (χ1n) is 11.0. The van der Waals surface area contributed by atoms with Gasteiger partial charge in [0.15, 0.2) is 17.5 Å². The van der Waals surface area contributed by atoms with E-state index in [4.69, 9.17) is 9.47 Å². The van der Waals surface area contributed by atoms with Gasteiger partial charge in [-0.1, -0.05) is 26.0 Å². The van der Waals surface area contributed by atoms with E-state index in [1.54, 1.807) is 32.2 Å². The van der Waals surface area contributed by atoms with Crippen LogP contribution < -0.4 is 20.1 Å². The first-order valence-corrected chi connectivity index (χ1v) is 11.0. The van der Waals surface area contributed by atoms with Gasteiger partial charge in [0.2, 0.25) is 0 Å². The number of piperazine rings is 1. The summed E-state index contributed by atoms with van der Waals surface area (Å²) in [5.74, 6) is 1.43. The topological polar surface area (TPSA) is 61.4 Å². The minimum atomic E-state index is -2.92. The lowest BCUT2D eigenvalue weighted by atomic mass is 10.1. The van der Waals surface area contributed by atoms with E-state index < -0.39 is 6.61 Å². The molecule has 0 saturated carbocycles. The quantitative estimate of drug-likeness (QED) is 0.407. The normalized spacial score (nSPS) is 16.9. The van der Waals surface area contributed by atoms with Gasteiger partial charge in [-0.3, -0.25) is 4.99 Å². The molecule has 9 heteroatoms. The van der Waals surface area contributed by atoms with E-state index in [9.17, 15) is 8.78 Å². The molecular formula is C22H37F2N5O2. The molecule has 1 heterocycles. The van der Waals surface area contributed by atoms with E-state index >= 15 is 0 Å². The zero-order chi connectivity index (χ0) is 22.6. The van der Waals surface area contributed by atoms with E-state index in [0.29, 0.717) is 29.8 Å². The Morgan fingerprint density at radius 3 is 2.45 bits per heavy atom. The molecule has 0 radical (unpaired) electrons. The molecular weight excluding hydrogens is 404 g/mol. The van der Waals surface area contributed by atoms with Gasteiger partial charge in [0, 0.05) is 58.4 Å². The van der Waals surface area contributed by atoms with Gasteiger partial charge in [0.1, 0.15) is 0 Å². The first-order chi connectivity index (χ1) is 15.0. The summed E-state index contributed by atoms with van der Waals surface area (Å²) < 4.78 is 35.9. The van der Waals surface area contributed by atoms with Crippen LogP contribution in [0.25, 0.3) is 0 Å². The van der Waals surface area contributed by atoms with Crippen LogP contribution in [-0.2, 0) is 6.54 Å². The van der Waals surface area contributed by atoms with E-state index in [0.717, 1.165) is 45.8 Å². The Labute approximate surface area is 184 Å². The molecule has 0 aromatic heterocycles. The Hall–Kier alpha value is -2.13. The first kappa shape index (κ1) is 25.1. The number of nitrogens with one attached hydrogen (secondary N) is 2. The van der Waals surface area contributed by atoms with Crippen LogP contribution >= 0.6 is 0 Å². The number of likely N-dealkylation sites (N-methyl/N-ethyl adjacent to an activating group) is 1. The fraction of sp³-hybridized carbons (Fsp3) is 0.682. The van der Waals surface area contributed by atoms with Crippen molar-refractivity contribution in [3.05, 3.63) is 23.8 Å². The average molecular weight is 442 g/mol. The van der Waals surface area contributed by atoms with Gasteiger partial charge in [-0.05, 0) is 25.5 Å². The van der Waals surface area contributed by atoms with Crippen LogP contribution in [0, 0.1) is 5.92 Å². The molecule has 1 aromatic rings. The molecule has 0 aliphatic carbocycles.